The summed E-state index contributed by atoms with van der Waals surface area (Å²) in [6.45, 7) is 2.96. The van der Waals surface area contributed by atoms with E-state index in [2.05, 4.69) is 0 Å². The van der Waals surface area contributed by atoms with Gasteiger partial charge in [-0.1, -0.05) is 6.92 Å². The van der Waals surface area contributed by atoms with Crippen molar-refractivity contribution in [1.29, 1.82) is 0 Å². The van der Waals surface area contributed by atoms with Gasteiger partial charge in [-0.25, -0.2) is 0 Å². The van der Waals surface area contributed by atoms with Crippen molar-refractivity contribution in [3.63, 3.8) is 0 Å². The van der Waals surface area contributed by atoms with Gasteiger partial charge in [-0.05, 0) is 18.9 Å². The average molecular weight is 132 g/mol. The largest absolute Gasteiger partial charge is 0.392 e. The molecule has 0 aromatic heterocycles. The van der Waals surface area contributed by atoms with Gasteiger partial charge in [0.2, 0.25) is 0 Å². The standard InChI is InChI=1S/C6H16N2O/c1-5(3-7)2-6(9)4-8/h5-6,9H,2-4,7-8H2,1H3. The summed E-state index contributed by atoms with van der Waals surface area (Å²) in [6, 6.07) is 0. The Morgan fingerprint density at radius 1 is 1.33 bits per heavy atom. The highest BCUT2D eigenvalue weighted by Gasteiger charge is 2.05. The highest BCUT2D eigenvalue weighted by molar-refractivity contribution is 4.61. The first-order valence-corrected chi connectivity index (χ1v) is 3.29. The van der Waals surface area contributed by atoms with Crippen molar-refractivity contribution in [2.45, 2.75) is 19.4 Å². The molecule has 0 radical (unpaired) electrons. The summed E-state index contributed by atoms with van der Waals surface area (Å²) in [5, 5.41) is 8.98. The van der Waals surface area contributed by atoms with Gasteiger partial charge in [0.1, 0.15) is 0 Å². The monoisotopic (exact) mass is 132 g/mol. The second-order valence-electron chi connectivity index (χ2n) is 2.47. The van der Waals surface area contributed by atoms with Gasteiger partial charge < -0.3 is 16.6 Å². The quantitative estimate of drug-likeness (QED) is 0.473. The Morgan fingerprint density at radius 3 is 2.22 bits per heavy atom. The van der Waals surface area contributed by atoms with Crippen molar-refractivity contribution in [2.75, 3.05) is 13.1 Å². The molecule has 0 aliphatic carbocycles. The molecule has 2 unspecified atom stereocenters. The summed E-state index contributed by atoms with van der Waals surface area (Å²) in [7, 11) is 0. The fourth-order valence-corrected chi connectivity index (χ4v) is 0.657. The molecule has 0 heterocycles. The summed E-state index contributed by atoms with van der Waals surface area (Å²) in [5.41, 5.74) is 10.5. The van der Waals surface area contributed by atoms with Gasteiger partial charge >= 0.3 is 0 Å². The number of hydrogen-bond acceptors (Lipinski definition) is 3. The topological polar surface area (TPSA) is 72.3 Å². The number of aliphatic hydroxyl groups excluding tert-OH is 1. The fraction of sp³-hybridized carbons (Fsp3) is 1.00. The Balaban J connectivity index is 3.22. The molecular formula is C6H16N2O. The Labute approximate surface area is 56.0 Å². The number of rotatable bonds is 4. The Bertz CT molecular complexity index is 60.1. The summed E-state index contributed by atoms with van der Waals surface area (Å²) in [4.78, 5) is 0. The van der Waals surface area contributed by atoms with Crippen LogP contribution < -0.4 is 11.5 Å². The summed E-state index contributed by atoms with van der Waals surface area (Å²) in [5.74, 6) is 0.378. The minimum Gasteiger partial charge on any atom is -0.392 e. The maximum absolute atomic E-state index is 8.98. The van der Waals surface area contributed by atoms with Gasteiger partial charge in [-0.3, -0.25) is 0 Å². The number of nitrogens with two attached hydrogens (primary N) is 2. The number of hydrogen-bond donors (Lipinski definition) is 3. The molecule has 0 bridgehead atoms. The highest BCUT2D eigenvalue weighted by Crippen LogP contribution is 2.01. The van der Waals surface area contributed by atoms with Gasteiger partial charge in [0.05, 0.1) is 6.10 Å². The van der Waals surface area contributed by atoms with Crippen LogP contribution in [0.5, 0.6) is 0 Å². The molecule has 0 fully saturated rings. The first-order chi connectivity index (χ1) is 4.20. The first kappa shape index (κ1) is 8.88. The zero-order chi connectivity index (χ0) is 7.28. The Morgan fingerprint density at radius 2 is 1.89 bits per heavy atom. The van der Waals surface area contributed by atoms with Crippen LogP contribution in [0.1, 0.15) is 13.3 Å². The van der Waals surface area contributed by atoms with E-state index in [-0.39, 0.29) is 6.10 Å². The molecule has 3 nitrogen and oxygen atoms in total. The third-order valence-corrected chi connectivity index (χ3v) is 1.35. The van der Waals surface area contributed by atoms with E-state index < -0.39 is 0 Å². The molecule has 0 saturated carbocycles. The van der Waals surface area contributed by atoms with Crippen LogP contribution in [0.15, 0.2) is 0 Å². The van der Waals surface area contributed by atoms with Crippen molar-refractivity contribution in [3.8, 4) is 0 Å². The minimum absolute atomic E-state index is 0.338. The molecule has 2 atom stereocenters. The molecule has 9 heavy (non-hydrogen) atoms. The van der Waals surface area contributed by atoms with Crippen molar-refractivity contribution in [2.24, 2.45) is 17.4 Å². The molecule has 0 aromatic rings. The smallest absolute Gasteiger partial charge is 0.0665 e. The van der Waals surface area contributed by atoms with Crippen LogP contribution in [0, 0.1) is 5.92 Å². The van der Waals surface area contributed by atoms with Gasteiger partial charge in [0, 0.05) is 6.54 Å². The first-order valence-electron chi connectivity index (χ1n) is 3.29. The molecule has 0 spiro atoms. The Hall–Kier alpha value is -0.120. The predicted molar refractivity (Wildman–Crippen MR) is 37.9 cm³/mol. The van der Waals surface area contributed by atoms with Gasteiger partial charge in [-0.2, -0.15) is 0 Å². The second kappa shape index (κ2) is 4.73. The van der Waals surface area contributed by atoms with E-state index in [4.69, 9.17) is 16.6 Å². The summed E-state index contributed by atoms with van der Waals surface area (Å²) >= 11 is 0. The summed E-state index contributed by atoms with van der Waals surface area (Å²) in [6.07, 6.45) is 0.344. The SMILES string of the molecule is CC(CN)CC(O)CN. The molecule has 0 aliphatic rings. The normalized spacial score (nSPS) is 17.3. The van der Waals surface area contributed by atoms with E-state index in [1.165, 1.54) is 0 Å². The maximum atomic E-state index is 8.98. The third kappa shape index (κ3) is 4.39. The lowest BCUT2D eigenvalue weighted by atomic mass is 10.0. The maximum Gasteiger partial charge on any atom is 0.0665 e. The van der Waals surface area contributed by atoms with Gasteiger partial charge in [0.25, 0.3) is 0 Å². The zero-order valence-corrected chi connectivity index (χ0v) is 5.88. The van der Waals surface area contributed by atoms with E-state index in [0.29, 0.717) is 25.4 Å². The van der Waals surface area contributed by atoms with Crippen LogP contribution in [-0.4, -0.2) is 24.3 Å². The van der Waals surface area contributed by atoms with Crippen LogP contribution in [0.2, 0.25) is 0 Å². The van der Waals surface area contributed by atoms with E-state index in [9.17, 15) is 0 Å². The molecule has 0 rings (SSSR count). The molecule has 0 aromatic carbocycles. The van der Waals surface area contributed by atoms with E-state index in [0.717, 1.165) is 0 Å². The minimum atomic E-state index is -0.372. The third-order valence-electron chi connectivity index (χ3n) is 1.35. The van der Waals surface area contributed by atoms with Gasteiger partial charge in [-0.15, -0.1) is 0 Å². The Kier molecular flexibility index (Phi) is 4.67. The van der Waals surface area contributed by atoms with Gasteiger partial charge in [0.15, 0.2) is 0 Å². The van der Waals surface area contributed by atoms with Crippen molar-refractivity contribution >= 4 is 0 Å². The molecule has 0 aliphatic heterocycles. The number of aliphatic hydroxyl groups is 1. The molecule has 0 amide bonds. The second-order valence-corrected chi connectivity index (χ2v) is 2.47. The van der Waals surface area contributed by atoms with E-state index in [1.807, 2.05) is 6.92 Å². The highest BCUT2D eigenvalue weighted by atomic mass is 16.3. The van der Waals surface area contributed by atoms with Crippen molar-refractivity contribution in [1.82, 2.24) is 0 Å². The lowest BCUT2D eigenvalue weighted by Gasteiger charge is -2.11. The van der Waals surface area contributed by atoms with Crippen LogP contribution in [-0.2, 0) is 0 Å². The fourth-order valence-electron chi connectivity index (χ4n) is 0.657. The van der Waals surface area contributed by atoms with Crippen molar-refractivity contribution in [3.05, 3.63) is 0 Å². The van der Waals surface area contributed by atoms with Crippen molar-refractivity contribution < 1.29 is 5.11 Å². The summed E-state index contributed by atoms with van der Waals surface area (Å²) < 4.78 is 0. The lowest BCUT2D eigenvalue weighted by molar-refractivity contribution is 0.154. The molecule has 5 N–H and O–H groups in total. The zero-order valence-electron chi connectivity index (χ0n) is 5.88. The van der Waals surface area contributed by atoms with Crippen LogP contribution >= 0.6 is 0 Å². The molecule has 0 saturated heterocycles. The lowest BCUT2D eigenvalue weighted by Crippen LogP contribution is -2.24. The average Bonchev–Trinajstić information content (AvgIpc) is 1.87. The predicted octanol–water partition coefficient (Wildman–Crippen LogP) is -0.709. The van der Waals surface area contributed by atoms with Crippen LogP contribution in [0.4, 0.5) is 0 Å². The molecular weight excluding hydrogens is 116 g/mol. The molecule has 3 heteroatoms. The molecule has 56 valence electrons. The van der Waals surface area contributed by atoms with E-state index >= 15 is 0 Å². The van der Waals surface area contributed by atoms with Crippen LogP contribution in [0.3, 0.4) is 0 Å². The van der Waals surface area contributed by atoms with E-state index in [1.54, 1.807) is 0 Å². The van der Waals surface area contributed by atoms with Crippen LogP contribution in [0.25, 0.3) is 0 Å².